The van der Waals surface area contributed by atoms with E-state index in [0.29, 0.717) is 29.2 Å². The minimum atomic E-state index is -0.252. The Hall–Kier alpha value is -3.14. The fraction of sp³-hybridized carbons (Fsp3) is 0.500. The molecule has 3 fully saturated rings. The van der Waals surface area contributed by atoms with Crippen molar-refractivity contribution in [2.24, 2.45) is 5.92 Å². The SMILES string of the molecule is CCCNC(=O)Nc1ccc2[nH]nc(C(=O)N[C@@H]3CN4CCC3CC4)c2c1.O=CO. The third-order valence-electron chi connectivity index (χ3n) is 5.54. The van der Waals surface area contributed by atoms with E-state index in [1.807, 2.05) is 13.0 Å². The summed E-state index contributed by atoms with van der Waals surface area (Å²) in [6.07, 6.45) is 3.17. The van der Waals surface area contributed by atoms with E-state index in [4.69, 9.17) is 9.90 Å². The van der Waals surface area contributed by atoms with Crippen LogP contribution in [0.4, 0.5) is 10.5 Å². The third kappa shape index (κ3) is 5.07. The van der Waals surface area contributed by atoms with Crippen LogP contribution in [-0.2, 0) is 4.79 Å². The molecule has 2 aromatic rings. The van der Waals surface area contributed by atoms with Gasteiger partial charge in [-0.1, -0.05) is 6.92 Å². The zero-order valence-electron chi connectivity index (χ0n) is 17.0. The molecule has 30 heavy (non-hydrogen) atoms. The van der Waals surface area contributed by atoms with Crippen molar-refractivity contribution in [3.63, 3.8) is 0 Å². The van der Waals surface area contributed by atoms with Gasteiger partial charge in [0.1, 0.15) is 0 Å². The Bertz CT molecular complexity index is 891. The number of H-pyrrole nitrogens is 1. The van der Waals surface area contributed by atoms with Gasteiger partial charge >= 0.3 is 6.03 Å². The lowest BCUT2D eigenvalue weighted by Crippen LogP contribution is -2.57. The van der Waals surface area contributed by atoms with Crippen molar-refractivity contribution in [1.82, 2.24) is 25.7 Å². The Kier molecular flexibility index (Phi) is 7.23. The van der Waals surface area contributed by atoms with E-state index in [2.05, 4.69) is 31.0 Å². The van der Waals surface area contributed by atoms with Crippen molar-refractivity contribution in [2.75, 3.05) is 31.5 Å². The molecule has 0 spiro atoms. The van der Waals surface area contributed by atoms with E-state index >= 15 is 0 Å². The van der Waals surface area contributed by atoms with Crippen LogP contribution in [0.3, 0.4) is 0 Å². The molecule has 3 aliphatic rings. The normalized spacial score (nSPS) is 22.0. The number of fused-ring (bicyclic) bond motifs is 4. The summed E-state index contributed by atoms with van der Waals surface area (Å²) in [7, 11) is 0. The predicted octanol–water partition coefficient (Wildman–Crippen LogP) is 1.62. The Morgan fingerprint density at radius 3 is 2.70 bits per heavy atom. The molecule has 3 amide bonds. The van der Waals surface area contributed by atoms with Gasteiger partial charge in [-0.25, -0.2) is 4.79 Å². The first-order valence-electron chi connectivity index (χ1n) is 10.2. The van der Waals surface area contributed by atoms with Crippen LogP contribution in [0.1, 0.15) is 36.7 Å². The van der Waals surface area contributed by atoms with E-state index in [9.17, 15) is 9.59 Å². The van der Waals surface area contributed by atoms with Crippen molar-refractivity contribution >= 4 is 35.0 Å². The topological polar surface area (TPSA) is 139 Å². The largest absolute Gasteiger partial charge is 0.483 e. The fourth-order valence-electron chi connectivity index (χ4n) is 4.04. The number of carbonyl (C=O) groups excluding carboxylic acids is 2. The molecule has 3 aliphatic heterocycles. The van der Waals surface area contributed by atoms with E-state index in [0.717, 1.165) is 44.4 Å². The summed E-state index contributed by atoms with van der Waals surface area (Å²) < 4.78 is 0. The van der Waals surface area contributed by atoms with Gasteiger partial charge in [0.15, 0.2) is 5.69 Å². The van der Waals surface area contributed by atoms with Crippen molar-refractivity contribution in [2.45, 2.75) is 32.2 Å². The first kappa shape index (κ1) is 21.6. The number of benzene rings is 1. The van der Waals surface area contributed by atoms with E-state index < -0.39 is 0 Å². The maximum Gasteiger partial charge on any atom is 0.319 e. The smallest absolute Gasteiger partial charge is 0.319 e. The molecule has 2 bridgehead atoms. The van der Waals surface area contributed by atoms with Crippen LogP contribution >= 0.6 is 0 Å². The lowest BCUT2D eigenvalue weighted by atomic mass is 9.84. The number of aromatic nitrogens is 2. The zero-order chi connectivity index (χ0) is 21.5. The molecular formula is C20H28N6O4. The van der Waals surface area contributed by atoms with Crippen LogP contribution in [-0.4, -0.2) is 70.8 Å². The number of hydrogen-bond donors (Lipinski definition) is 5. The predicted molar refractivity (Wildman–Crippen MR) is 113 cm³/mol. The zero-order valence-corrected chi connectivity index (χ0v) is 17.0. The molecule has 162 valence electrons. The molecule has 0 radical (unpaired) electrons. The molecule has 5 rings (SSSR count). The van der Waals surface area contributed by atoms with Crippen molar-refractivity contribution < 1.29 is 19.5 Å². The number of nitrogens with zero attached hydrogens (tertiary/aromatic N) is 2. The summed E-state index contributed by atoms with van der Waals surface area (Å²) in [6.45, 7) is 5.56. The molecule has 4 heterocycles. The monoisotopic (exact) mass is 416 g/mol. The van der Waals surface area contributed by atoms with Gasteiger partial charge in [0.25, 0.3) is 12.4 Å². The van der Waals surface area contributed by atoms with Gasteiger partial charge in [-0.05, 0) is 56.5 Å². The van der Waals surface area contributed by atoms with E-state index in [1.54, 1.807) is 12.1 Å². The minimum absolute atomic E-state index is 0.160. The minimum Gasteiger partial charge on any atom is -0.483 e. The van der Waals surface area contributed by atoms with Crippen LogP contribution in [0.25, 0.3) is 10.9 Å². The van der Waals surface area contributed by atoms with Crippen molar-refractivity contribution in [3.05, 3.63) is 23.9 Å². The van der Waals surface area contributed by atoms with Gasteiger partial charge in [-0.3, -0.25) is 14.7 Å². The van der Waals surface area contributed by atoms with Gasteiger partial charge in [0.05, 0.1) is 5.52 Å². The number of piperidine rings is 3. The number of carboxylic acid groups (broad SMARTS) is 1. The summed E-state index contributed by atoms with van der Waals surface area (Å²) in [4.78, 5) is 35.5. The highest BCUT2D eigenvalue weighted by Gasteiger charge is 2.35. The molecule has 10 heteroatoms. The lowest BCUT2D eigenvalue weighted by molar-refractivity contribution is -0.122. The van der Waals surface area contributed by atoms with Gasteiger partial charge in [-0.15, -0.1) is 0 Å². The summed E-state index contributed by atoms with van der Waals surface area (Å²) in [5, 5.41) is 23.5. The molecule has 1 atom stereocenters. The van der Waals surface area contributed by atoms with E-state index in [1.165, 1.54) is 0 Å². The average Bonchev–Trinajstić information content (AvgIpc) is 3.17. The maximum atomic E-state index is 12.8. The number of nitrogens with one attached hydrogen (secondary N) is 4. The van der Waals surface area contributed by atoms with E-state index in [-0.39, 0.29) is 24.5 Å². The summed E-state index contributed by atoms with van der Waals surface area (Å²) in [5.74, 6) is 0.399. The molecule has 1 aromatic carbocycles. The number of anilines is 1. The summed E-state index contributed by atoms with van der Waals surface area (Å²) in [5.41, 5.74) is 1.78. The lowest BCUT2D eigenvalue weighted by Gasteiger charge is -2.44. The second-order valence-corrected chi connectivity index (χ2v) is 7.54. The Labute approximate surface area is 174 Å². The number of hydrogen-bond acceptors (Lipinski definition) is 5. The van der Waals surface area contributed by atoms with Crippen LogP contribution in [0.2, 0.25) is 0 Å². The molecule has 3 saturated heterocycles. The molecule has 1 aromatic heterocycles. The van der Waals surface area contributed by atoms with Crippen LogP contribution < -0.4 is 16.0 Å². The summed E-state index contributed by atoms with van der Waals surface area (Å²) >= 11 is 0. The second kappa shape index (κ2) is 10.1. The maximum absolute atomic E-state index is 12.8. The molecule has 0 aliphatic carbocycles. The summed E-state index contributed by atoms with van der Waals surface area (Å²) in [6, 6.07) is 5.34. The number of rotatable bonds is 5. The van der Waals surface area contributed by atoms with Gasteiger partial charge in [-0.2, -0.15) is 5.10 Å². The van der Waals surface area contributed by atoms with Crippen molar-refractivity contribution in [3.8, 4) is 0 Å². The van der Waals surface area contributed by atoms with Crippen LogP contribution in [0.5, 0.6) is 0 Å². The molecule has 0 saturated carbocycles. The standard InChI is InChI=1S/C19H26N6O2.CH2O2/c1-2-7-20-19(27)21-13-3-4-15-14(10-13)17(24-23-15)18(26)22-16-11-25-8-5-12(16)6-9-25;2-1-3/h3-4,10,12,16H,2,5-9,11H2,1H3,(H,22,26)(H,23,24)(H2,20,21,27);1H,(H,2,3)/t16-;/m1./s1. The van der Waals surface area contributed by atoms with Gasteiger partial charge < -0.3 is 26.0 Å². The van der Waals surface area contributed by atoms with Crippen LogP contribution in [0, 0.1) is 5.92 Å². The number of aromatic amines is 1. The highest BCUT2D eigenvalue weighted by molar-refractivity contribution is 6.06. The molecule has 10 nitrogen and oxygen atoms in total. The quantitative estimate of drug-likeness (QED) is 0.469. The van der Waals surface area contributed by atoms with Crippen molar-refractivity contribution in [1.29, 1.82) is 0 Å². The Balaban J connectivity index is 0.000000806. The van der Waals surface area contributed by atoms with Gasteiger partial charge in [0.2, 0.25) is 0 Å². The fourth-order valence-corrected chi connectivity index (χ4v) is 4.04. The molecule has 5 N–H and O–H groups in total. The van der Waals surface area contributed by atoms with Gasteiger partial charge in [0, 0.05) is 30.2 Å². The first-order valence-corrected chi connectivity index (χ1v) is 10.2. The Morgan fingerprint density at radius 2 is 2.07 bits per heavy atom. The number of carbonyl (C=O) groups is 3. The number of urea groups is 1. The highest BCUT2D eigenvalue weighted by Crippen LogP contribution is 2.28. The highest BCUT2D eigenvalue weighted by atomic mass is 16.3. The average molecular weight is 416 g/mol. The first-order chi connectivity index (χ1) is 14.5. The third-order valence-corrected chi connectivity index (χ3v) is 5.54. The second-order valence-electron chi connectivity index (χ2n) is 7.54. The van der Waals surface area contributed by atoms with Crippen LogP contribution in [0.15, 0.2) is 18.2 Å². The number of amides is 3. The molecule has 0 unspecified atom stereocenters. The molecular weight excluding hydrogens is 388 g/mol. The Morgan fingerprint density at radius 1 is 1.33 bits per heavy atom.